The Hall–Kier alpha value is -2.15. The number of halogens is 3. The van der Waals surface area contributed by atoms with Gasteiger partial charge < -0.3 is 10.2 Å². The Morgan fingerprint density at radius 1 is 1.03 bits per heavy atom. The Bertz CT molecular complexity index is 1000. The van der Waals surface area contributed by atoms with Gasteiger partial charge in [0.05, 0.1) is 16.6 Å². The lowest BCUT2D eigenvalue weighted by Crippen LogP contribution is -2.57. The maximum atomic E-state index is 13.5. The van der Waals surface area contributed by atoms with E-state index in [1.165, 1.54) is 12.1 Å². The molecule has 0 bridgehead atoms. The van der Waals surface area contributed by atoms with Crippen LogP contribution >= 0.6 is 23.2 Å². The van der Waals surface area contributed by atoms with Crippen LogP contribution in [0.1, 0.15) is 41.6 Å². The summed E-state index contributed by atoms with van der Waals surface area (Å²) in [7, 11) is 0. The van der Waals surface area contributed by atoms with Crippen molar-refractivity contribution in [3.05, 3.63) is 69.5 Å². The van der Waals surface area contributed by atoms with Gasteiger partial charge in [-0.05, 0) is 54.7 Å². The van der Waals surface area contributed by atoms with Crippen LogP contribution in [-0.4, -0.2) is 53.8 Å². The first-order valence-electron chi connectivity index (χ1n) is 11.4. The second kappa shape index (κ2) is 10.9. The molecule has 2 aromatic rings. The molecule has 33 heavy (non-hydrogen) atoms. The van der Waals surface area contributed by atoms with E-state index in [4.69, 9.17) is 23.2 Å². The highest BCUT2D eigenvalue weighted by Gasteiger charge is 2.37. The zero-order chi connectivity index (χ0) is 23.4. The zero-order valence-corrected chi connectivity index (χ0v) is 19.9. The van der Waals surface area contributed by atoms with Crippen molar-refractivity contribution in [1.29, 1.82) is 0 Å². The molecule has 2 fully saturated rings. The van der Waals surface area contributed by atoms with Gasteiger partial charge in [0.2, 0.25) is 5.91 Å². The summed E-state index contributed by atoms with van der Waals surface area (Å²) in [4.78, 5) is 30.2. The van der Waals surface area contributed by atoms with Gasteiger partial charge in [-0.25, -0.2) is 4.39 Å². The number of benzene rings is 2. The molecule has 0 radical (unpaired) electrons. The molecule has 176 valence electrons. The monoisotopic (exact) mass is 491 g/mol. The van der Waals surface area contributed by atoms with Gasteiger partial charge >= 0.3 is 0 Å². The zero-order valence-electron chi connectivity index (χ0n) is 18.4. The standard InChI is InChI=1S/C25H28Cl2FN3O2/c26-19-8-9-21(22(27)15-19)25(33)31-12-10-30(11-13-31)23(18-5-1-2-6-18)24(32)29-16-17-4-3-7-20(28)14-17/h3-4,7-9,14-15,18,23H,1-2,5-6,10-13,16H2,(H,29,32)/t23-/m1/s1. The Morgan fingerprint density at radius 3 is 2.42 bits per heavy atom. The van der Waals surface area contributed by atoms with E-state index < -0.39 is 0 Å². The van der Waals surface area contributed by atoms with Crippen LogP contribution in [0.15, 0.2) is 42.5 Å². The molecule has 1 saturated carbocycles. The van der Waals surface area contributed by atoms with Crippen molar-refractivity contribution in [1.82, 2.24) is 15.1 Å². The number of carbonyl (C=O) groups excluding carboxylic acids is 2. The molecule has 1 N–H and O–H groups in total. The van der Waals surface area contributed by atoms with Crippen LogP contribution in [0.25, 0.3) is 0 Å². The molecule has 5 nitrogen and oxygen atoms in total. The fourth-order valence-electron chi connectivity index (χ4n) is 4.93. The molecule has 0 spiro atoms. The second-order valence-electron chi connectivity index (χ2n) is 8.79. The number of rotatable bonds is 6. The van der Waals surface area contributed by atoms with E-state index in [-0.39, 0.29) is 23.7 Å². The highest BCUT2D eigenvalue weighted by molar-refractivity contribution is 6.36. The Labute approximate surface area is 203 Å². The third kappa shape index (κ3) is 5.86. The number of amides is 2. The van der Waals surface area contributed by atoms with Gasteiger partial charge in [-0.3, -0.25) is 14.5 Å². The van der Waals surface area contributed by atoms with E-state index in [0.717, 1.165) is 31.2 Å². The van der Waals surface area contributed by atoms with Crippen molar-refractivity contribution in [3.63, 3.8) is 0 Å². The molecular formula is C25H28Cl2FN3O2. The number of hydrogen-bond donors (Lipinski definition) is 1. The number of carbonyl (C=O) groups is 2. The molecule has 2 aliphatic rings. The highest BCUT2D eigenvalue weighted by Crippen LogP contribution is 2.31. The molecule has 1 saturated heterocycles. The van der Waals surface area contributed by atoms with Gasteiger partial charge in [0, 0.05) is 37.7 Å². The van der Waals surface area contributed by atoms with Gasteiger partial charge in [-0.2, -0.15) is 0 Å². The maximum Gasteiger partial charge on any atom is 0.255 e. The van der Waals surface area contributed by atoms with Crippen molar-refractivity contribution in [2.45, 2.75) is 38.3 Å². The normalized spacial score (nSPS) is 18.3. The first-order chi connectivity index (χ1) is 15.9. The smallest absolute Gasteiger partial charge is 0.255 e. The van der Waals surface area contributed by atoms with Gasteiger partial charge in [0.25, 0.3) is 5.91 Å². The highest BCUT2D eigenvalue weighted by atomic mass is 35.5. The molecule has 1 atom stereocenters. The summed E-state index contributed by atoms with van der Waals surface area (Å²) in [5.74, 6) is -0.155. The molecule has 1 aliphatic heterocycles. The number of piperazine rings is 1. The largest absolute Gasteiger partial charge is 0.351 e. The molecule has 2 aromatic carbocycles. The lowest BCUT2D eigenvalue weighted by Gasteiger charge is -2.40. The number of hydrogen-bond acceptors (Lipinski definition) is 3. The second-order valence-corrected chi connectivity index (χ2v) is 9.63. The summed E-state index contributed by atoms with van der Waals surface area (Å²) in [5.41, 5.74) is 1.18. The minimum absolute atomic E-state index is 0.0216. The first kappa shape index (κ1) is 24.0. The summed E-state index contributed by atoms with van der Waals surface area (Å²) in [6.45, 7) is 2.58. The van der Waals surface area contributed by atoms with E-state index in [9.17, 15) is 14.0 Å². The fraction of sp³-hybridized carbons (Fsp3) is 0.440. The molecule has 4 rings (SSSR count). The third-order valence-corrected chi connectivity index (χ3v) is 7.17. The lowest BCUT2D eigenvalue weighted by atomic mass is 9.94. The molecule has 1 heterocycles. The van der Waals surface area contributed by atoms with Crippen molar-refractivity contribution < 1.29 is 14.0 Å². The Balaban J connectivity index is 1.40. The quantitative estimate of drug-likeness (QED) is 0.633. The average Bonchev–Trinajstić information content (AvgIpc) is 3.32. The van der Waals surface area contributed by atoms with Crippen molar-refractivity contribution in [3.8, 4) is 0 Å². The van der Waals surface area contributed by atoms with E-state index >= 15 is 0 Å². The Kier molecular flexibility index (Phi) is 7.89. The van der Waals surface area contributed by atoms with Crippen LogP contribution in [0.5, 0.6) is 0 Å². The van der Waals surface area contributed by atoms with Gasteiger partial charge in [-0.15, -0.1) is 0 Å². The van der Waals surface area contributed by atoms with E-state index in [1.807, 2.05) is 0 Å². The average molecular weight is 492 g/mol. The van der Waals surface area contributed by atoms with Crippen LogP contribution in [0.3, 0.4) is 0 Å². The van der Waals surface area contributed by atoms with Crippen LogP contribution < -0.4 is 5.32 Å². The van der Waals surface area contributed by atoms with E-state index in [1.54, 1.807) is 35.2 Å². The summed E-state index contributed by atoms with van der Waals surface area (Å²) in [5, 5.41) is 3.85. The van der Waals surface area contributed by atoms with Crippen molar-refractivity contribution in [2.75, 3.05) is 26.2 Å². The predicted molar refractivity (Wildman–Crippen MR) is 128 cm³/mol. The van der Waals surface area contributed by atoms with Crippen molar-refractivity contribution in [2.24, 2.45) is 5.92 Å². The summed E-state index contributed by atoms with van der Waals surface area (Å²) >= 11 is 12.2. The van der Waals surface area contributed by atoms with E-state index in [0.29, 0.717) is 54.3 Å². The molecule has 0 unspecified atom stereocenters. The van der Waals surface area contributed by atoms with Crippen LogP contribution in [0.2, 0.25) is 10.0 Å². The molecule has 8 heteroatoms. The maximum absolute atomic E-state index is 13.5. The van der Waals surface area contributed by atoms with Gasteiger partial charge in [-0.1, -0.05) is 48.2 Å². The molecule has 0 aromatic heterocycles. The SMILES string of the molecule is O=C(NCc1cccc(F)c1)[C@@H](C1CCCC1)N1CCN(C(=O)c2ccc(Cl)cc2Cl)CC1. The predicted octanol–water partition coefficient (Wildman–Crippen LogP) is 4.77. The lowest BCUT2D eigenvalue weighted by molar-refractivity contribution is -0.129. The summed E-state index contributed by atoms with van der Waals surface area (Å²) < 4.78 is 13.5. The first-order valence-corrected chi connectivity index (χ1v) is 12.2. The summed E-state index contributed by atoms with van der Waals surface area (Å²) in [6.07, 6.45) is 4.31. The summed E-state index contributed by atoms with van der Waals surface area (Å²) in [6, 6.07) is 10.9. The van der Waals surface area contributed by atoms with Crippen LogP contribution in [-0.2, 0) is 11.3 Å². The molecular weight excluding hydrogens is 464 g/mol. The number of nitrogens with one attached hydrogen (secondary N) is 1. The number of nitrogens with zero attached hydrogens (tertiary/aromatic N) is 2. The van der Waals surface area contributed by atoms with E-state index in [2.05, 4.69) is 10.2 Å². The van der Waals surface area contributed by atoms with Gasteiger partial charge in [0.15, 0.2) is 0 Å². The van der Waals surface area contributed by atoms with Gasteiger partial charge in [0.1, 0.15) is 5.82 Å². The minimum Gasteiger partial charge on any atom is -0.351 e. The third-order valence-electron chi connectivity index (χ3n) is 6.63. The molecule has 2 amide bonds. The Morgan fingerprint density at radius 2 is 1.76 bits per heavy atom. The van der Waals surface area contributed by atoms with Crippen molar-refractivity contribution >= 4 is 35.0 Å². The van der Waals surface area contributed by atoms with Crippen LogP contribution in [0, 0.1) is 11.7 Å². The minimum atomic E-state index is -0.310. The topological polar surface area (TPSA) is 52.7 Å². The van der Waals surface area contributed by atoms with Crippen LogP contribution in [0.4, 0.5) is 4.39 Å². The molecule has 1 aliphatic carbocycles. The fourth-order valence-corrected chi connectivity index (χ4v) is 5.42.